The lowest BCUT2D eigenvalue weighted by Gasteiger charge is -2.17. The SMILES string of the molecule is CC(C)CCn1c(Cn2c(=O)n(C3CC3)c3cccnc32)nc(=O)c2c(F)cccc21. The van der Waals surface area contributed by atoms with Crippen molar-refractivity contribution in [3.8, 4) is 0 Å². The van der Waals surface area contributed by atoms with E-state index in [0.29, 0.717) is 29.5 Å². The van der Waals surface area contributed by atoms with E-state index in [1.54, 1.807) is 27.5 Å². The molecule has 8 heteroatoms. The van der Waals surface area contributed by atoms with Crippen LogP contribution in [0.25, 0.3) is 22.1 Å². The van der Waals surface area contributed by atoms with Crippen molar-refractivity contribution in [1.29, 1.82) is 0 Å². The van der Waals surface area contributed by atoms with Crippen molar-refractivity contribution in [2.45, 2.75) is 52.2 Å². The zero-order chi connectivity index (χ0) is 21.7. The Labute approximate surface area is 177 Å². The van der Waals surface area contributed by atoms with E-state index in [4.69, 9.17) is 0 Å². The average Bonchev–Trinajstić information content (AvgIpc) is 3.53. The minimum atomic E-state index is -0.615. The maximum atomic E-state index is 14.4. The number of rotatable bonds is 6. The summed E-state index contributed by atoms with van der Waals surface area (Å²) in [5, 5.41) is -0.0131. The summed E-state index contributed by atoms with van der Waals surface area (Å²) < 4.78 is 19.7. The summed E-state index contributed by atoms with van der Waals surface area (Å²) in [6.45, 7) is 4.89. The Morgan fingerprint density at radius 3 is 2.61 bits per heavy atom. The van der Waals surface area contributed by atoms with Crippen LogP contribution in [0.3, 0.4) is 0 Å². The molecule has 1 aliphatic carbocycles. The number of nitrogens with zero attached hydrogens (tertiary/aromatic N) is 5. The monoisotopic (exact) mass is 421 g/mol. The second-order valence-electron chi connectivity index (χ2n) is 8.62. The summed E-state index contributed by atoms with van der Waals surface area (Å²) in [6.07, 6.45) is 4.44. The lowest BCUT2D eigenvalue weighted by molar-refractivity contribution is 0.499. The predicted molar refractivity (Wildman–Crippen MR) is 117 cm³/mol. The molecule has 5 rings (SSSR count). The van der Waals surface area contributed by atoms with Crippen molar-refractivity contribution in [1.82, 2.24) is 23.7 Å². The first-order valence-electron chi connectivity index (χ1n) is 10.7. The second-order valence-corrected chi connectivity index (χ2v) is 8.62. The number of halogens is 1. The third kappa shape index (κ3) is 3.36. The van der Waals surface area contributed by atoms with E-state index in [1.807, 2.05) is 16.7 Å². The van der Waals surface area contributed by atoms with Gasteiger partial charge in [-0.1, -0.05) is 19.9 Å². The smallest absolute Gasteiger partial charge is 0.327 e. The van der Waals surface area contributed by atoms with E-state index in [0.717, 1.165) is 24.8 Å². The first-order valence-corrected chi connectivity index (χ1v) is 10.7. The molecule has 0 radical (unpaired) electrons. The van der Waals surface area contributed by atoms with Gasteiger partial charge >= 0.3 is 5.69 Å². The van der Waals surface area contributed by atoms with Crippen LogP contribution in [0.4, 0.5) is 4.39 Å². The van der Waals surface area contributed by atoms with Gasteiger partial charge in [0.1, 0.15) is 17.0 Å². The summed E-state index contributed by atoms with van der Waals surface area (Å²) in [4.78, 5) is 34.6. The van der Waals surface area contributed by atoms with Crippen LogP contribution in [0.2, 0.25) is 0 Å². The third-order valence-electron chi connectivity index (χ3n) is 5.90. The van der Waals surface area contributed by atoms with Gasteiger partial charge < -0.3 is 4.57 Å². The normalized spacial score (nSPS) is 14.2. The standard InChI is InChI=1S/C23H24FN5O2/c1-14(2)10-12-27-17-6-3-5-16(24)20(17)22(30)26-19(27)13-28-21-18(7-4-11-25-21)29(23(28)31)15-8-9-15/h3-7,11,14-15H,8-10,12-13H2,1-2H3. The Hall–Kier alpha value is -3.29. The van der Waals surface area contributed by atoms with Crippen molar-refractivity contribution in [3.63, 3.8) is 0 Å². The van der Waals surface area contributed by atoms with Crippen LogP contribution in [-0.2, 0) is 13.1 Å². The van der Waals surface area contributed by atoms with Gasteiger partial charge in [0.15, 0.2) is 5.65 Å². The highest BCUT2D eigenvalue weighted by Gasteiger charge is 2.29. The maximum Gasteiger partial charge on any atom is 0.331 e. The van der Waals surface area contributed by atoms with Gasteiger partial charge in [-0.05, 0) is 49.4 Å². The van der Waals surface area contributed by atoms with E-state index in [1.165, 1.54) is 6.07 Å². The highest BCUT2D eigenvalue weighted by molar-refractivity contribution is 5.79. The number of imidazole rings is 1. The third-order valence-corrected chi connectivity index (χ3v) is 5.90. The molecule has 4 aromatic rings. The summed E-state index contributed by atoms with van der Waals surface area (Å²) in [7, 11) is 0. The minimum absolute atomic E-state index is 0.0131. The fraction of sp³-hybridized carbons (Fsp3) is 0.391. The number of fused-ring (bicyclic) bond motifs is 2. The lowest BCUT2D eigenvalue weighted by Crippen LogP contribution is -2.28. The number of hydrogen-bond donors (Lipinski definition) is 0. The van der Waals surface area contributed by atoms with E-state index >= 15 is 0 Å². The summed E-state index contributed by atoms with van der Waals surface area (Å²) in [6, 6.07) is 8.52. The molecule has 1 fully saturated rings. The van der Waals surface area contributed by atoms with Crippen LogP contribution < -0.4 is 11.2 Å². The molecule has 0 saturated heterocycles. The quantitative estimate of drug-likeness (QED) is 0.478. The van der Waals surface area contributed by atoms with Gasteiger partial charge in [0.05, 0.1) is 17.6 Å². The molecule has 0 unspecified atom stereocenters. The van der Waals surface area contributed by atoms with E-state index in [-0.39, 0.29) is 23.7 Å². The highest BCUT2D eigenvalue weighted by Crippen LogP contribution is 2.35. The number of hydrogen-bond acceptors (Lipinski definition) is 4. The maximum absolute atomic E-state index is 14.4. The van der Waals surface area contributed by atoms with Gasteiger partial charge in [-0.15, -0.1) is 0 Å². The zero-order valence-electron chi connectivity index (χ0n) is 17.6. The van der Waals surface area contributed by atoms with Crippen LogP contribution in [0, 0.1) is 11.7 Å². The van der Waals surface area contributed by atoms with Crippen LogP contribution >= 0.6 is 0 Å². The molecule has 0 spiro atoms. The Balaban J connectivity index is 1.71. The van der Waals surface area contributed by atoms with E-state index in [2.05, 4.69) is 23.8 Å². The van der Waals surface area contributed by atoms with Gasteiger partial charge in [0.25, 0.3) is 5.56 Å². The summed E-state index contributed by atoms with van der Waals surface area (Å²) >= 11 is 0. The van der Waals surface area contributed by atoms with Crippen molar-refractivity contribution in [2.75, 3.05) is 0 Å². The molecule has 0 atom stereocenters. The number of aromatic nitrogens is 5. The van der Waals surface area contributed by atoms with Crippen molar-refractivity contribution in [3.05, 3.63) is 69.0 Å². The molecule has 0 bridgehead atoms. The molecule has 31 heavy (non-hydrogen) atoms. The molecule has 1 saturated carbocycles. The molecule has 1 aliphatic rings. The molecule has 0 N–H and O–H groups in total. The molecule has 3 heterocycles. The Kier molecular flexibility index (Phi) is 4.72. The van der Waals surface area contributed by atoms with Gasteiger partial charge in [-0.2, -0.15) is 4.98 Å². The highest BCUT2D eigenvalue weighted by atomic mass is 19.1. The largest absolute Gasteiger partial charge is 0.331 e. The van der Waals surface area contributed by atoms with Crippen LogP contribution in [-0.4, -0.2) is 23.7 Å². The zero-order valence-corrected chi connectivity index (χ0v) is 17.6. The molecule has 1 aromatic carbocycles. The molecule has 0 aliphatic heterocycles. The summed E-state index contributed by atoms with van der Waals surface area (Å²) in [5.74, 6) is 0.271. The van der Waals surface area contributed by atoms with Crippen LogP contribution in [0.1, 0.15) is 45.0 Å². The lowest BCUT2D eigenvalue weighted by atomic mass is 10.1. The van der Waals surface area contributed by atoms with Crippen LogP contribution in [0.15, 0.2) is 46.1 Å². The van der Waals surface area contributed by atoms with Gasteiger partial charge in [-0.3, -0.25) is 13.9 Å². The van der Waals surface area contributed by atoms with E-state index < -0.39 is 11.4 Å². The number of pyridine rings is 1. The fourth-order valence-electron chi connectivity index (χ4n) is 4.16. The molecule has 160 valence electrons. The Morgan fingerprint density at radius 2 is 1.87 bits per heavy atom. The van der Waals surface area contributed by atoms with Crippen molar-refractivity contribution < 1.29 is 4.39 Å². The van der Waals surface area contributed by atoms with E-state index in [9.17, 15) is 14.0 Å². The van der Waals surface area contributed by atoms with Crippen molar-refractivity contribution in [2.24, 2.45) is 5.92 Å². The second kappa shape index (κ2) is 7.44. The number of benzene rings is 1. The van der Waals surface area contributed by atoms with Crippen molar-refractivity contribution >= 4 is 22.1 Å². The Bertz CT molecular complexity index is 1410. The number of aryl methyl sites for hydroxylation is 1. The predicted octanol–water partition coefficient (Wildman–Crippen LogP) is 3.48. The first kappa shape index (κ1) is 19.7. The van der Waals surface area contributed by atoms with Gasteiger partial charge in [-0.25, -0.2) is 14.2 Å². The molecular weight excluding hydrogens is 397 g/mol. The molecule has 7 nitrogen and oxygen atoms in total. The van der Waals surface area contributed by atoms with Gasteiger partial charge in [0.2, 0.25) is 0 Å². The first-order chi connectivity index (χ1) is 15.0. The molecule has 3 aromatic heterocycles. The summed E-state index contributed by atoms with van der Waals surface area (Å²) in [5.41, 5.74) is 1.10. The van der Waals surface area contributed by atoms with Gasteiger partial charge in [0, 0.05) is 18.8 Å². The fourth-order valence-corrected chi connectivity index (χ4v) is 4.16. The molecule has 0 amide bonds. The molecular formula is C23H24FN5O2. The van der Waals surface area contributed by atoms with Crippen LogP contribution in [0.5, 0.6) is 0 Å². The minimum Gasteiger partial charge on any atom is -0.327 e. The topological polar surface area (TPSA) is 74.7 Å². The average molecular weight is 421 g/mol. The Morgan fingerprint density at radius 1 is 1.10 bits per heavy atom.